The molecule has 1 aromatic carbocycles. The molecular weight excluding hydrogens is 290 g/mol. The number of alkyl halides is 1. The van der Waals surface area contributed by atoms with E-state index in [9.17, 15) is 8.42 Å². The molecule has 0 spiro atoms. The van der Waals surface area contributed by atoms with Crippen LogP contribution in [-0.2, 0) is 9.84 Å². The largest absolute Gasteiger partial charge is 0.372 e. The number of sulfone groups is 1. The highest BCUT2D eigenvalue weighted by Crippen LogP contribution is 2.24. The van der Waals surface area contributed by atoms with Gasteiger partial charge in [0.05, 0.1) is 10.6 Å². The van der Waals surface area contributed by atoms with Crippen LogP contribution in [0, 0.1) is 0 Å². The Kier molecular flexibility index (Phi) is 4.38. The Morgan fingerprint density at radius 2 is 1.94 bits per heavy atom. The van der Waals surface area contributed by atoms with Gasteiger partial charge in [0.1, 0.15) is 0 Å². The lowest BCUT2D eigenvalue weighted by atomic mass is 10.3. The molecule has 1 aromatic rings. The molecule has 0 aliphatic carbocycles. The Labute approximate surface area is 106 Å². The van der Waals surface area contributed by atoms with Crippen molar-refractivity contribution < 1.29 is 8.42 Å². The van der Waals surface area contributed by atoms with Crippen LogP contribution in [0.1, 0.15) is 6.92 Å². The maximum Gasteiger partial charge on any atom is 0.177 e. The van der Waals surface area contributed by atoms with Crippen molar-refractivity contribution in [2.45, 2.75) is 16.6 Å². The number of halogens is 1. The second-order valence-corrected chi connectivity index (χ2v) is 7.45. The Bertz CT molecular complexity index is 457. The summed E-state index contributed by atoms with van der Waals surface area (Å²) < 4.78 is 23.2. The Balaban J connectivity index is 3.14. The van der Waals surface area contributed by atoms with Gasteiger partial charge in [0.2, 0.25) is 0 Å². The van der Waals surface area contributed by atoms with Crippen LogP contribution < -0.4 is 4.90 Å². The van der Waals surface area contributed by atoms with Gasteiger partial charge in [-0.3, -0.25) is 0 Å². The molecule has 0 heterocycles. The highest BCUT2D eigenvalue weighted by molar-refractivity contribution is 9.09. The molecule has 1 unspecified atom stereocenters. The standard InChI is InChI=1S/C11H16BrNO2S/c1-9(12)8-13(2)10-6-4-5-7-11(10)16(3,14)15/h4-7,9H,8H2,1-3H3. The maximum absolute atomic E-state index is 11.6. The van der Waals surface area contributed by atoms with Crippen LogP contribution in [0.4, 0.5) is 5.69 Å². The average Bonchev–Trinajstić information content (AvgIpc) is 2.15. The topological polar surface area (TPSA) is 37.4 Å². The number of anilines is 1. The van der Waals surface area contributed by atoms with Crippen LogP contribution in [0.25, 0.3) is 0 Å². The summed E-state index contributed by atoms with van der Waals surface area (Å²) in [5.74, 6) is 0. The van der Waals surface area contributed by atoms with Gasteiger partial charge < -0.3 is 4.90 Å². The Morgan fingerprint density at radius 1 is 1.38 bits per heavy atom. The number of nitrogens with zero attached hydrogens (tertiary/aromatic N) is 1. The first-order chi connectivity index (χ1) is 7.32. The van der Waals surface area contributed by atoms with E-state index in [4.69, 9.17) is 0 Å². The second-order valence-electron chi connectivity index (χ2n) is 3.90. The lowest BCUT2D eigenvalue weighted by molar-refractivity contribution is 0.601. The fourth-order valence-corrected chi connectivity index (χ4v) is 2.93. The highest BCUT2D eigenvalue weighted by atomic mass is 79.9. The Morgan fingerprint density at radius 3 is 2.44 bits per heavy atom. The van der Waals surface area contributed by atoms with Gasteiger partial charge in [0, 0.05) is 24.7 Å². The third-order valence-corrected chi connectivity index (χ3v) is 3.64. The molecule has 16 heavy (non-hydrogen) atoms. The molecule has 0 saturated carbocycles. The molecule has 0 fully saturated rings. The third-order valence-electron chi connectivity index (χ3n) is 2.20. The van der Waals surface area contributed by atoms with Gasteiger partial charge in [-0.1, -0.05) is 35.0 Å². The van der Waals surface area contributed by atoms with Gasteiger partial charge in [0.15, 0.2) is 9.84 Å². The molecule has 0 aliphatic rings. The molecule has 90 valence electrons. The molecule has 3 nitrogen and oxygen atoms in total. The monoisotopic (exact) mass is 305 g/mol. The van der Waals surface area contributed by atoms with E-state index in [1.807, 2.05) is 31.0 Å². The van der Waals surface area contributed by atoms with Crippen molar-refractivity contribution in [3.8, 4) is 0 Å². The predicted molar refractivity (Wildman–Crippen MR) is 71.2 cm³/mol. The van der Waals surface area contributed by atoms with E-state index < -0.39 is 9.84 Å². The lowest BCUT2D eigenvalue weighted by Crippen LogP contribution is -2.25. The molecule has 0 radical (unpaired) electrons. The van der Waals surface area contributed by atoms with Crippen molar-refractivity contribution in [1.82, 2.24) is 0 Å². The van der Waals surface area contributed by atoms with Crippen LogP contribution >= 0.6 is 15.9 Å². The van der Waals surface area contributed by atoms with Gasteiger partial charge in [-0.05, 0) is 12.1 Å². The van der Waals surface area contributed by atoms with Crippen molar-refractivity contribution in [3.05, 3.63) is 24.3 Å². The molecule has 0 saturated heterocycles. The van der Waals surface area contributed by atoms with E-state index in [0.29, 0.717) is 9.72 Å². The quantitative estimate of drug-likeness (QED) is 0.801. The minimum Gasteiger partial charge on any atom is -0.372 e. The first-order valence-electron chi connectivity index (χ1n) is 4.96. The summed E-state index contributed by atoms with van der Waals surface area (Å²) >= 11 is 3.46. The van der Waals surface area contributed by atoms with Gasteiger partial charge in [-0.2, -0.15) is 0 Å². The number of hydrogen-bond donors (Lipinski definition) is 0. The average molecular weight is 306 g/mol. The molecule has 0 aliphatic heterocycles. The predicted octanol–water partition coefficient (Wildman–Crippen LogP) is 2.31. The number of rotatable bonds is 4. The smallest absolute Gasteiger partial charge is 0.177 e. The SMILES string of the molecule is CC(Br)CN(C)c1ccccc1S(C)(=O)=O. The molecule has 0 aromatic heterocycles. The molecular formula is C11H16BrNO2S. The van der Waals surface area contributed by atoms with Crippen molar-refractivity contribution in [3.63, 3.8) is 0 Å². The Hall–Kier alpha value is -0.550. The zero-order valence-electron chi connectivity index (χ0n) is 9.64. The summed E-state index contributed by atoms with van der Waals surface area (Å²) in [5, 5.41) is 0. The zero-order valence-corrected chi connectivity index (χ0v) is 12.0. The molecule has 5 heteroatoms. The van der Waals surface area contributed by atoms with Gasteiger partial charge >= 0.3 is 0 Å². The van der Waals surface area contributed by atoms with E-state index in [2.05, 4.69) is 15.9 Å². The van der Waals surface area contributed by atoms with Crippen molar-refractivity contribution in [1.29, 1.82) is 0 Å². The van der Waals surface area contributed by atoms with Gasteiger partial charge in [-0.15, -0.1) is 0 Å². The summed E-state index contributed by atoms with van der Waals surface area (Å²) in [6, 6.07) is 7.05. The van der Waals surface area contributed by atoms with Crippen molar-refractivity contribution in [2.75, 3.05) is 24.7 Å². The first kappa shape index (κ1) is 13.5. The van der Waals surface area contributed by atoms with Crippen LogP contribution in [0.15, 0.2) is 29.2 Å². The number of para-hydroxylation sites is 1. The fraction of sp³-hybridized carbons (Fsp3) is 0.455. The summed E-state index contributed by atoms with van der Waals surface area (Å²) in [5.41, 5.74) is 0.747. The number of benzene rings is 1. The minimum atomic E-state index is -3.17. The van der Waals surface area contributed by atoms with Crippen LogP contribution in [0.2, 0.25) is 0 Å². The zero-order chi connectivity index (χ0) is 12.3. The minimum absolute atomic E-state index is 0.310. The van der Waals surface area contributed by atoms with Crippen molar-refractivity contribution >= 4 is 31.5 Å². The number of hydrogen-bond acceptors (Lipinski definition) is 3. The highest BCUT2D eigenvalue weighted by Gasteiger charge is 2.15. The van der Waals surface area contributed by atoms with E-state index >= 15 is 0 Å². The third kappa shape index (κ3) is 3.49. The van der Waals surface area contributed by atoms with E-state index in [-0.39, 0.29) is 0 Å². The molecule has 0 amide bonds. The second kappa shape index (κ2) is 5.19. The first-order valence-corrected chi connectivity index (χ1v) is 7.77. The molecule has 1 rings (SSSR count). The summed E-state index contributed by atoms with van der Waals surface area (Å²) in [6.07, 6.45) is 1.23. The molecule has 0 N–H and O–H groups in total. The maximum atomic E-state index is 11.6. The van der Waals surface area contributed by atoms with Crippen LogP contribution in [0.5, 0.6) is 0 Å². The lowest BCUT2D eigenvalue weighted by Gasteiger charge is -2.22. The normalized spacial score (nSPS) is 13.5. The van der Waals surface area contributed by atoms with E-state index in [0.717, 1.165) is 12.2 Å². The van der Waals surface area contributed by atoms with Crippen molar-refractivity contribution in [2.24, 2.45) is 0 Å². The molecule has 0 bridgehead atoms. The van der Waals surface area contributed by atoms with E-state index in [1.165, 1.54) is 6.26 Å². The molecule has 1 atom stereocenters. The van der Waals surface area contributed by atoms with Gasteiger partial charge in [-0.25, -0.2) is 8.42 Å². The van der Waals surface area contributed by atoms with E-state index in [1.54, 1.807) is 12.1 Å². The summed E-state index contributed by atoms with van der Waals surface area (Å²) in [6.45, 7) is 2.78. The van der Waals surface area contributed by atoms with Gasteiger partial charge in [0.25, 0.3) is 0 Å². The van der Waals surface area contributed by atoms with Crippen LogP contribution in [-0.4, -0.2) is 33.1 Å². The van der Waals surface area contributed by atoms with Crippen LogP contribution in [0.3, 0.4) is 0 Å². The summed E-state index contributed by atoms with van der Waals surface area (Å²) in [7, 11) is -1.28. The fourth-order valence-electron chi connectivity index (χ4n) is 1.56. The summed E-state index contributed by atoms with van der Waals surface area (Å²) in [4.78, 5) is 2.63.